The molecule has 0 saturated carbocycles. The summed E-state index contributed by atoms with van der Waals surface area (Å²) in [4.78, 5) is 46.1. The van der Waals surface area contributed by atoms with Crippen LogP contribution in [-0.4, -0.2) is 43.4 Å². The van der Waals surface area contributed by atoms with E-state index in [1.165, 1.54) is 4.68 Å². The molecule has 0 bridgehead atoms. The number of amides is 2. The molecule has 1 atom stereocenters. The topological polar surface area (TPSA) is 133 Å². The molecular weight excluding hydrogens is 432 g/mol. The van der Waals surface area contributed by atoms with Crippen LogP contribution in [0.25, 0.3) is 17.2 Å². The summed E-state index contributed by atoms with van der Waals surface area (Å²) in [6, 6.07) is 20.8. The Kier molecular flexibility index (Phi) is 6.54. The van der Waals surface area contributed by atoms with E-state index in [2.05, 4.69) is 20.4 Å². The molecule has 0 aliphatic carbocycles. The number of carbonyl (C=O) groups is 3. The van der Waals surface area contributed by atoms with E-state index >= 15 is 0 Å². The summed E-state index contributed by atoms with van der Waals surface area (Å²) in [5.74, 6) is -2.42. The van der Waals surface area contributed by atoms with Gasteiger partial charge in [-0.2, -0.15) is 9.78 Å². The van der Waals surface area contributed by atoms with Crippen LogP contribution in [0, 0.1) is 6.92 Å². The maximum atomic E-state index is 13.2. The number of benzene rings is 2. The molecule has 4 aromatic rings. The molecule has 3 N–H and O–H groups in total. The number of rotatable bonds is 8. The maximum Gasteiger partial charge on any atom is 0.287 e. The van der Waals surface area contributed by atoms with E-state index < -0.39 is 23.6 Å². The third-order valence-corrected chi connectivity index (χ3v) is 5.11. The van der Waals surface area contributed by atoms with E-state index in [4.69, 9.17) is 5.73 Å². The summed E-state index contributed by atoms with van der Waals surface area (Å²) in [5.41, 5.74) is 8.22. The number of aromatic nitrogens is 4. The molecule has 9 nitrogen and oxygen atoms in total. The monoisotopic (exact) mass is 454 g/mol. The lowest BCUT2D eigenvalue weighted by molar-refractivity contribution is -0.137. The SMILES string of the molecule is Cc1cc(C(=O)NC(Cc2ccccc2)C(=O)C(N)=O)n(-c2nccc(-c3ccccc3)n2)n1. The number of Topliss-reactive ketones (excluding diaryl/α,β-unsaturated/α-hetero) is 1. The molecule has 2 amide bonds. The summed E-state index contributed by atoms with van der Waals surface area (Å²) in [7, 11) is 0. The number of carbonyl (C=O) groups excluding carboxylic acids is 3. The fourth-order valence-electron chi connectivity index (χ4n) is 3.50. The van der Waals surface area contributed by atoms with Gasteiger partial charge in [0.15, 0.2) is 0 Å². The van der Waals surface area contributed by atoms with Crippen LogP contribution >= 0.6 is 0 Å². The van der Waals surface area contributed by atoms with Gasteiger partial charge >= 0.3 is 0 Å². The first kappa shape index (κ1) is 22.5. The second-order valence-electron chi connectivity index (χ2n) is 7.63. The van der Waals surface area contributed by atoms with Crippen LogP contribution in [0.3, 0.4) is 0 Å². The number of ketones is 1. The minimum absolute atomic E-state index is 0.113. The molecule has 34 heavy (non-hydrogen) atoms. The van der Waals surface area contributed by atoms with Gasteiger partial charge in [0.05, 0.1) is 11.4 Å². The minimum Gasteiger partial charge on any atom is -0.363 e. The average molecular weight is 454 g/mol. The Bertz CT molecular complexity index is 1340. The molecule has 1 unspecified atom stereocenters. The largest absolute Gasteiger partial charge is 0.363 e. The summed E-state index contributed by atoms with van der Waals surface area (Å²) in [6.45, 7) is 1.73. The Balaban J connectivity index is 1.64. The van der Waals surface area contributed by atoms with Gasteiger partial charge in [-0.05, 0) is 24.6 Å². The Labute approximate surface area is 195 Å². The van der Waals surface area contributed by atoms with Gasteiger partial charge in [0.2, 0.25) is 5.78 Å². The van der Waals surface area contributed by atoms with Crippen molar-refractivity contribution in [1.29, 1.82) is 0 Å². The Morgan fingerprint density at radius 1 is 1.00 bits per heavy atom. The van der Waals surface area contributed by atoms with E-state index in [1.807, 2.05) is 36.4 Å². The lowest BCUT2D eigenvalue weighted by atomic mass is 10.0. The summed E-state index contributed by atoms with van der Waals surface area (Å²) in [5, 5.41) is 6.99. The highest BCUT2D eigenvalue weighted by Gasteiger charge is 2.28. The van der Waals surface area contributed by atoms with Crippen LogP contribution in [0.5, 0.6) is 0 Å². The standard InChI is InChI=1S/C25H22N6O3/c1-16-14-21(24(34)28-20(22(32)23(26)33)15-17-8-4-2-5-9-17)31(30-16)25-27-13-12-19(29-25)18-10-6-3-7-11-18/h2-14,20H,15H2,1H3,(H2,26,33)(H,28,34). The van der Waals surface area contributed by atoms with Gasteiger partial charge in [0.1, 0.15) is 11.7 Å². The quantitative estimate of drug-likeness (QED) is 0.392. The predicted octanol–water partition coefficient (Wildman–Crippen LogP) is 2.03. The maximum absolute atomic E-state index is 13.2. The second-order valence-corrected chi connectivity index (χ2v) is 7.63. The molecule has 0 saturated heterocycles. The van der Waals surface area contributed by atoms with Crippen molar-refractivity contribution in [2.45, 2.75) is 19.4 Å². The molecule has 2 aromatic carbocycles. The van der Waals surface area contributed by atoms with Gasteiger partial charge in [-0.15, -0.1) is 0 Å². The van der Waals surface area contributed by atoms with Gasteiger partial charge in [-0.25, -0.2) is 9.97 Å². The van der Waals surface area contributed by atoms with Crippen LogP contribution < -0.4 is 11.1 Å². The number of aryl methyl sites for hydroxylation is 1. The number of hydrogen-bond donors (Lipinski definition) is 2. The molecule has 4 rings (SSSR count). The first-order valence-electron chi connectivity index (χ1n) is 10.6. The normalized spacial score (nSPS) is 11.6. The Morgan fingerprint density at radius 3 is 2.35 bits per heavy atom. The highest BCUT2D eigenvalue weighted by atomic mass is 16.2. The van der Waals surface area contributed by atoms with Gasteiger partial charge in [0, 0.05) is 18.2 Å². The van der Waals surface area contributed by atoms with Gasteiger partial charge < -0.3 is 11.1 Å². The molecule has 170 valence electrons. The smallest absolute Gasteiger partial charge is 0.287 e. The zero-order valence-corrected chi connectivity index (χ0v) is 18.4. The van der Waals surface area contributed by atoms with E-state index in [1.54, 1.807) is 49.5 Å². The van der Waals surface area contributed by atoms with Crippen LogP contribution in [-0.2, 0) is 16.0 Å². The van der Waals surface area contributed by atoms with Gasteiger partial charge in [-0.3, -0.25) is 14.4 Å². The number of nitrogens with one attached hydrogen (secondary N) is 1. The minimum atomic E-state index is -1.13. The Morgan fingerprint density at radius 2 is 1.68 bits per heavy atom. The number of hydrogen-bond acceptors (Lipinski definition) is 6. The van der Waals surface area contributed by atoms with E-state index in [-0.39, 0.29) is 18.1 Å². The molecule has 2 aromatic heterocycles. The number of nitrogens with zero attached hydrogens (tertiary/aromatic N) is 4. The van der Waals surface area contributed by atoms with Crippen molar-refractivity contribution in [1.82, 2.24) is 25.1 Å². The van der Waals surface area contributed by atoms with Crippen molar-refractivity contribution in [3.05, 3.63) is 95.9 Å². The molecule has 0 aliphatic heterocycles. The second kappa shape index (κ2) is 9.86. The Hall–Kier alpha value is -4.66. The average Bonchev–Trinajstić information content (AvgIpc) is 3.26. The van der Waals surface area contributed by atoms with Crippen molar-refractivity contribution >= 4 is 17.6 Å². The van der Waals surface area contributed by atoms with Gasteiger partial charge in [-0.1, -0.05) is 60.7 Å². The highest BCUT2D eigenvalue weighted by Crippen LogP contribution is 2.18. The van der Waals surface area contributed by atoms with Crippen LogP contribution in [0.1, 0.15) is 21.7 Å². The predicted molar refractivity (Wildman–Crippen MR) is 125 cm³/mol. The zero-order chi connectivity index (χ0) is 24.1. The third kappa shape index (κ3) is 5.04. The number of primary amides is 1. The first-order chi connectivity index (χ1) is 16.4. The first-order valence-corrected chi connectivity index (χ1v) is 10.6. The van der Waals surface area contributed by atoms with Crippen molar-refractivity contribution in [2.75, 3.05) is 0 Å². The summed E-state index contributed by atoms with van der Waals surface area (Å²) < 4.78 is 1.31. The lowest BCUT2D eigenvalue weighted by Crippen LogP contribution is -2.47. The molecule has 9 heteroatoms. The van der Waals surface area contributed by atoms with Crippen LogP contribution in [0.4, 0.5) is 0 Å². The number of nitrogens with two attached hydrogens (primary N) is 1. The summed E-state index contributed by atoms with van der Waals surface area (Å²) in [6.07, 6.45) is 1.69. The molecular formula is C25H22N6O3. The van der Waals surface area contributed by atoms with Crippen molar-refractivity contribution in [2.24, 2.45) is 5.73 Å². The van der Waals surface area contributed by atoms with E-state index in [0.717, 1.165) is 11.1 Å². The third-order valence-electron chi connectivity index (χ3n) is 5.11. The van der Waals surface area contributed by atoms with Crippen molar-refractivity contribution < 1.29 is 14.4 Å². The molecule has 0 spiro atoms. The molecule has 2 heterocycles. The van der Waals surface area contributed by atoms with E-state index in [9.17, 15) is 14.4 Å². The zero-order valence-electron chi connectivity index (χ0n) is 18.4. The molecule has 0 radical (unpaired) electrons. The van der Waals surface area contributed by atoms with Crippen molar-refractivity contribution in [3.63, 3.8) is 0 Å². The van der Waals surface area contributed by atoms with E-state index in [0.29, 0.717) is 11.4 Å². The lowest BCUT2D eigenvalue weighted by Gasteiger charge is -2.16. The fraction of sp³-hybridized carbons (Fsp3) is 0.120. The van der Waals surface area contributed by atoms with Gasteiger partial charge in [0.25, 0.3) is 17.8 Å². The van der Waals surface area contributed by atoms with Crippen LogP contribution in [0.2, 0.25) is 0 Å². The van der Waals surface area contributed by atoms with Crippen LogP contribution in [0.15, 0.2) is 79.0 Å². The molecule has 0 fully saturated rings. The highest BCUT2D eigenvalue weighted by molar-refractivity contribution is 6.38. The fourth-order valence-corrected chi connectivity index (χ4v) is 3.50. The van der Waals surface area contributed by atoms with Crippen molar-refractivity contribution in [3.8, 4) is 17.2 Å². The molecule has 0 aliphatic rings. The summed E-state index contributed by atoms with van der Waals surface area (Å²) >= 11 is 0.